The smallest absolute Gasteiger partial charge is 0.274 e. The van der Waals surface area contributed by atoms with E-state index in [4.69, 9.17) is 4.74 Å². The van der Waals surface area contributed by atoms with Crippen LogP contribution in [0.4, 0.5) is 14.5 Å². The summed E-state index contributed by atoms with van der Waals surface area (Å²) in [5.74, 6) is -2.81. The molecule has 5 aromatic rings. The van der Waals surface area contributed by atoms with Crippen molar-refractivity contribution in [3.63, 3.8) is 0 Å². The fourth-order valence-corrected chi connectivity index (χ4v) is 4.40. The van der Waals surface area contributed by atoms with Crippen LogP contribution in [0.15, 0.2) is 84.1 Å². The van der Waals surface area contributed by atoms with Crippen LogP contribution in [0.1, 0.15) is 21.6 Å². The highest BCUT2D eigenvalue weighted by molar-refractivity contribution is 6.20. The molecule has 6 rings (SSSR count). The van der Waals surface area contributed by atoms with Crippen molar-refractivity contribution in [2.75, 3.05) is 12.4 Å². The van der Waals surface area contributed by atoms with Gasteiger partial charge in [-0.2, -0.15) is 0 Å². The topological polar surface area (TPSA) is 123 Å². The fourth-order valence-electron chi connectivity index (χ4n) is 4.40. The summed E-state index contributed by atoms with van der Waals surface area (Å²) in [4.78, 5) is 39.8. The maximum absolute atomic E-state index is 14.8. The highest BCUT2D eigenvalue weighted by Crippen LogP contribution is 2.29. The van der Waals surface area contributed by atoms with Crippen molar-refractivity contribution in [2.24, 2.45) is 4.99 Å². The maximum Gasteiger partial charge on any atom is 0.274 e. The SMILES string of the molecule is COc1ccc2nc(-c3ccncc3F)c(C(=O)N[C@H]3N=C(c4ccccc4)c4cccc(F)c4NC3=O)n2n1. The van der Waals surface area contributed by atoms with Crippen LogP contribution in [0.5, 0.6) is 5.88 Å². The lowest BCUT2D eigenvalue weighted by Crippen LogP contribution is -2.43. The summed E-state index contributed by atoms with van der Waals surface area (Å²) >= 11 is 0. The quantitative estimate of drug-likeness (QED) is 0.352. The largest absolute Gasteiger partial charge is 0.480 e. The Bertz CT molecular complexity index is 1820. The molecular weight excluding hydrogens is 520 g/mol. The summed E-state index contributed by atoms with van der Waals surface area (Å²) < 4.78 is 36.0. The molecule has 12 heteroatoms. The number of ether oxygens (including phenoxy) is 1. The Morgan fingerprint density at radius 2 is 1.82 bits per heavy atom. The summed E-state index contributed by atoms with van der Waals surface area (Å²) in [7, 11) is 1.40. The van der Waals surface area contributed by atoms with Gasteiger partial charge in [0.05, 0.1) is 24.7 Å². The minimum atomic E-state index is -1.49. The first-order valence-corrected chi connectivity index (χ1v) is 12.0. The van der Waals surface area contributed by atoms with Gasteiger partial charge in [-0.25, -0.2) is 23.3 Å². The highest BCUT2D eigenvalue weighted by atomic mass is 19.1. The second-order valence-electron chi connectivity index (χ2n) is 8.68. The van der Waals surface area contributed by atoms with E-state index in [1.54, 1.807) is 36.4 Å². The van der Waals surface area contributed by atoms with Crippen LogP contribution < -0.4 is 15.4 Å². The third kappa shape index (κ3) is 4.30. The van der Waals surface area contributed by atoms with Crippen LogP contribution in [0.25, 0.3) is 16.9 Å². The van der Waals surface area contributed by atoms with E-state index >= 15 is 0 Å². The zero-order chi connectivity index (χ0) is 27.8. The number of methoxy groups -OCH3 is 1. The standard InChI is InChI=1S/C28H19F2N7O3/c1-40-21-11-10-20-32-24(16-12-13-31-14-19(16)30)25(37(20)36-21)27(38)35-26-28(39)34-23-17(8-5-9-18(23)29)22(33-26)15-6-3-2-4-7-15/h2-14,26H,1H3,(H,34,39)(H,35,38)/t26-/m1/s1. The molecule has 40 heavy (non-hydrogen) atoms. The zero-order valence-corrected chi connectivity index (χ0v) is 20.8. The van der Waals surface area contributed by atoms with Gasteiger partial charge in [-0.1, -0.05) is 42.5 Å². The third-order valence-corrected chi connectivity index (χ3v) is 6.24. The molecule has 2 amide bonds. The summed E-state index contributed by atoms with van der Waals surface area (Å²) in [6, 6.07) is 17.7. The third-order valence-electron chi connectivity index (χ3n) is 6.24. The number of carbonyl (C=O) groups is 2. The van der Waals surface area contributed by atoms with Crippen LogP contribution in [0.3, 0.4) is 0 Å². The number of halogens is 2. The van der Waals surface area contributed by atoms with Crippen molar-refractivity contribution in [1.29, 1.82) is 0 Å². The molecule has 2 N–H and O–H groups in total. The van der Waals surface area contributed by atoms with Gasteiger partial charge in [-0.15, -0.1) is 5.10 Å². The normalized spacial score (nSPS) is 14.6. The first-order chi connectivity index (χ1) is 19.4. The number of benzene rings is 2. The molecule has 1 aliphatic heterocycles. The monoisotopic (exact) mass is 539 g/mol. The predicted molar refractivity (Wildman–Crippen MR) is 141 cm³/mol. The molecular formula is C28H19F2N7O3. The molecule has 0 unspecified atom stereocenters. The first kappa shape index (κ1) is 24.8. The number of imidazole rings is 1. The van der Waals surface area contributed by atoms with Crippen molar-refractivity contribution >= 4 is 28.9 Å². The molecule has 0 fully saturated rings. The van der Waals surface area contributed by atoms with Crippen LogP contribution in [0.2, 0.25) is 0 Å². The summed E-state index contributed by atoms with van der Waals surface area (Å²) in [6.45, 7) is 0. The number of amides is 2. The summed E-state index contributed by atoms with van der Waals surface area (Å²) in [6.07, 6.45) is 0.871. The fraction of sp³-hybridized carbons (Fsp3) is 0.0714. The predicted octanol–water partition coefficient (Wildman–Crippen LogP) is 3.62. The van der Waals surface area contributed by atoms with Gasteiger partial charge >= 0.3 is 0 Å². The number of fused-ring (bicyclic) bond motifs is 2. The number of aliphatic imine (C=N–C) groups is 1. The number of anilines is 1. The number of aromatic nitrogens is 4. The van der Waals surface area contributed by atoms with E-state index in [9.17, 15) is 18.4 Å². The molecule has 4 heterocycles. The molecule has 0 bridgehead atoms. The van der Waals surface area contributed by atoms with Gasteiger partial charge in [0.1, 0.15) is 11.5 Å². The Kier molecular flexibility index (Phi) is 6.19. The first-order valence-electron chi connectivity index (χ1n) is 12.0. The number of benzodiazepines with no additional fused rings is 1. The Morgan fingerprint density at radius 1 is 1.00 bits per heavy atom. The highest BCUT2D eigenvalue weighted by Gasteiger charge is 2.32. The number of pyridine rings is 1. The number of hydrogen-bond acceptors (Lipinski definition) is 7. The Labute approximate surface area is 225 Å². The van der Waals surface area contributed by atoms with Crippen molar-refractivity contribution in [2.45, 2.75) is 6.17 Å². The van der Waals surface area contributed by atoms with Gasteiger partial charge < -0.3 is 15.4 Å². The van der Waals surface area contributed by atoms with Crippen LogP contribution in [-0.2, 0) is 4.79 Å². The van der Waals surface area contributed by atoms with E-state index < -0.39 is 29.6 Å². The van der Waals surface area contributed by atoms with E-state index in [1.165, 1.54) is 42.1 Å². The number of rotatable bonds is 5. The minimum absolute atomic E-state index is 0.00196. The minimum Gasteiger partial charge on any atom is -0.480 e. The van der Waals surface area contributed by atoms with Crippen molar-refractivity contribution in [3.8, 4) is 17.1 Å². The molecule has 0 aliphatic carbocycles. The van der Waals surface area contributed by atoms with Crippen molar-refractivity contribution < 1.29 is 23.1 Å². The van der Waals surface area contributed by atoms with Crippen molar-refractivity contribution in [1.82, 2.24) is 24.9 Å². The molecule has 1 atom stereocenters. The van der Waals surface area contributed by atoms with Crippen LogP contribution in [-0.4, -0.2) is 50.4 Å². The summed E-state index contributed by atoms with van der Waals surface area (Å²) in [5.41, 5.74) is 1.20. The molecule has 1 aliphatic rings. The lowest BCUT2D eigenvalue weighted by molar-refractivity contribution is -0.117. The zero-order valence-electron chi connectivity index (χ0n) is 20.8. The second-order valence-corrected chi connectivity index (χ2v) is 8.68. The molecule has 2 aromatic carbocycles. The Balaban J connectivity index is 1.48. The van der Waals surface area contributed by atoms with Gasteiger partial charge in [0.15, 0.2) is 17.2 Å². The molecule has 198 valence electrons. The van der Waals surface area contributed by atoms with Crippen LogP contribution >= 0.6 is 0 Å². The van der Waals surface area contributed by atoms with Gasteiger partial charge in [-0.05, 0) is 18.2 Å². The lowest BCUT2D eigenvalue weighted by atomic mass is 10.0. The number of carbonyl (C=O) groups excluding carboxylic acids is 2. The average Bonchev–Trinajstić information content (AvgIpc) is 3.28. The van der Waals surface area contributed by atoms with Gasteiger partial charge in [0, 0.05) is 29.0 Å². The van der Waals surface area contributed by atoms with Crippen molar-refractivity contribution in [3.05, 3.63) is 108 Å². The average molecular weight is 540 g/mol. The van der Waals surface area contributed by atoms with E-state index in [2.05, 4.69) is 30.7 Å². The van der Waals surface area contributed by atoms with E-state index in [1.807, 2.05) is 6.07 Å². The van der Waals surface area contributed by atoms with Crippen LogP contribution in [0, 0.1) is 11.6 Å². The van der Waals surface area contributed by atoms with Gasteiger partial charge in [0.25, 0.3) is 11.8 Å². The number of hydrogen-bond donors (Lipinski definition) is 2. The lowest BCUT2D eigenvalue weighted by Gasteiger charge is -2.14. The van der Waals surface area contributed by atoms with E-state index in [0.29, 0.717) is 11.1 Å². The molecule has 0 spiro atoms. The molecule has 0 radical (unpaired) electrons. The van der Waals surface area contributed by atoms with E-state index in [0.717, 1.165) is 6.20 Å². The Hall–Kier alpha value is -5.52. The van der Waals surface area contributed by atoms with E-state index in [-0.39, 0.29) is 39.9 Å². The molecule has 0 saturated heterocycles. The molecule has 3 aromatic heterocycles. The maximum atomic E-state index is 14.8. The second kappa shape index (κ2) is 9.98. The van der Waals surface area contributed by atoms with Gasteiger partial charge in [0.2, 0.25) is 12.0 Å². The van der Waals surface area contributed by atoms with Gasteiger partial charge in [-0.3, -0.25) is 14.6 Å². The number of nitrogens with zero attached hydrogens (tertiary/aromatic N) is 5. The Morgan fingerprint density at radius 3 is 2.60 bits per heavy atom. The molecule has 0 saturated carbocycles. The molecule has 10 nitrogen and oxygen atoms in total. The summed E-state index contributed by atoms with van der Waals surface area (Å²) in [5, 5.41) is 9.39. The number of nitrogens with one attached hydrogen (secondary N) is 2. The number of para-hydroxylation sites is 1.